The number of benzene rings is 1. The summed E-state index contributed by atoms with van der Waals surface area (Å²) >= 11 is 1.55. The van der Waals surface area contributed by atoms with Crippen LogP contribution in [0, 0.1) is 18.6 Å². The largest absolute Gasteiger partial charge is 0.493 e. The van der Waals surface area contributed by atoms with Crippen molar-refractivity contribution in [3.05, 3.63) is 45.4 Å². The number of hydrogen-bond donors (Lipinski definition) is 1. The zero-order chi connectivity index (χ0) is 21.1. The molecule has 2 aromatic rings. The molecule has 164 valence electrons. The van der Waals surface area contributed by atoms with E-state index in [4.69, 9.17) is 9.72 Å². The summed E-state index contributed by atoms with van der Waals surface area (Å²) in [7, 11) is 0. The summed E-state index contributed by atoms with van der Waals surface area (Å²) in [6, 6.07) is 4.24. The highest BCUT2D eigenvalue weighted by Gasteiger charge is 2.37. The lowest BCUT2D eigenvalue weighted by Crippen LogP contribution is -2.35. The lowest BCUT2D eigenvalue weighted by Gasteiger charge is -2.28. The van der Waals surface area contributed by atoms with Crippen LogP contribution in [0.5, 0.6) is 5.75 Å². The van der Waals surface area contributed by atoms with Gasteiger partial charge in [-0.15, -0.1) is 11.3 Å². The fourth-order valence-electron chi connectivity index (χ4n) is 4.68. The maximum Gasteiger partial charge on any atom is 0.162 e. The van der Waals surface area contributed by atoms with Crippen LogP contribution in [0.3, 0.4) is 0 Å². The van der Waals surface area contributed by atoms with Gasteiger partial charge in [-0.2, -0.15) is 0 Å². The Kier molecular flexibility index (Phi) is 6.70. The van der Waals surface area contributed by atoms with Crippen LogP contribution >= 0.6 is 11.3 Å². The summed E-state index contributed by atoms with van der Waals surface area (Å²) in [6.07, 6.45) is 8.30. The van der Waals surface area contributed by atoms with Crippen molar-refractivity contribution in [2.45, 2.75) is 69.9 Å². The van der Waals surface area contributed by atoms with Crippen molar-refractivity contribution in [2.24, 2.45) is 0 Å². The maximum atomic E-state index is 13.3. The minimum absolute atomic E-state index is 0.311. The number of aliphatic hydroxyl groups is 1. The molecule has 1 aromatic heterocycles. The molecule has 4 nitrogen and oxygen atoms in total. The second kappa shape index (κ2) is 9.28. The molecular formula is C23H30F2N2O2S. The number of halogens is 2. The Hall–Kier alpha value is -1.57. The Balaban J connectivity index is 1.36. The second-order valence-corrected chi connectivity index (χ2v) is 9.64. The van der Waals surface area contributed by atoms with Crippen LogP contribution in [0.25, 0.3) is 0 Å². The summed E-state index contributed by atoms with van der Waals surface area (Å²) in [5, 5.41) is 12.2. The Morgan fingerprint density at radius 3 is 2.73 bits per heavy atom. The van der Waals surface area contributed by atoms with Gasteiger partial charge in [0.1, 0.15) is 16.4 Å². The van der Waals surface area contributed by atoms with Crippen LogP contribution in [-0.4, -0.2) is 40.7 Å². The van der Waals surface area contributed by atoms with Crippen molar-refractivity contribution in [1.82, 2.24) is 9.88 Å². The van der Waals surface area contributed by atoms with Crippen LogP contribution in [-0.2, 0) is 12.0 Å². The first-order valence-corrected chi connectivity index (χ1v) is 11.8. The number of hydrogen-bond acceptors (Lipinski definition) is 5. The summed E-state index contributed by atoms with van der Waals surface area (Å²) < 4.78 is 31.9. The van der Waals surface area contributed by atoms with E-state index in [2.05, 4.69) is 4.90 Å². The molecule has 4 rings (SSSR count). The Morgan fingerprint density at radius 1 is 1.17 bits per heavy atom. The van der Waals surface area contributed by atoms with E-state index in [1.165, 1.54) is 31.7 Å². The highest BCUT2D eigenvalue weighted by molar-refractivity contribution is 7.11. The normalized spacial score (nSPS) is 23.6. The number of rotatable bonds is 6. The first-order chi connectivity index (χ1) is 14.4. The monoisotopic (exact) mass is 436 g/mol. The van der Waals surface area contributed by atoms with E-state index in [0.29, 0.717) is 24.8 Å². The van der Waals surface area contributed by atoms with Crippen molar-refractivity contribution in [1.29, 1.82) is 0 Å². The van der Waals surface area contributed by atoms with Crippen molar-refractivity contribution < 1.29 is 18.6 Å². The molecule has 1 saturated carbocycles. The summed E-state index contributed by atoms with van der Waals surface area (Å²) in [6.45, 7) is 4.29. The molecule has 0 radical (unpaired) electrons. The van der Waals surface area contributed by atoms with Gasteiger partial charge in [0, 0.05) is 30.0 Å². The van der Waals surface area contributed by atoms with E-state index in [1.807, 2.05) is 6.92 Å². The molecule has 2 aliphatic rings. The zero-order valence-electron chi connectivity index (χ0n) is 17.5. The lowest BCUT2D eigenvalue weighted by molar-refractivity contribution is 0.0196. The third-order valence-corrected chi connectivity index (χ3v) is 7.88. The van der Waals surface area contributed by atoms with Gasteiger partial charge in [-0.3, -0.25) is 0 Å². The molecule has 0 unspecified atom stereocenters. The maximum absolute atomic E-state index is 13.3. The van der Waals surface area contributed by atoms with Gasteiger partial charge in [0.05, 0.1) is 12.3 Å². The molecule has 1 saturated heterocycles. The first kappa shape index (κ1) is 21.7. The Labute approximate surface area is 180 Å². The van der Waals surface area contributed by atoms with E-state index in [0.717, 1.165) is 60.1 Å². The molecule has 2 heterocycles. The average Bonchev–Trinajstić information content (AvgIpc) is 3.33. The molecule has 1 atom stereocenters. The Morgan fingerprint density at radius 2 is 1.97 bits per heavy atom. The van der Waals surface area contributed by atoms with Crippen LogP contribution in [0.1, 0.15) is 60.5 Å². The minimum atomic E-state index is -0.911. The van der Waals surface area contributed by atoms with Gasteiger partial charge < -0.3 is 14.7 Å². The van der Waals surface area contributed by atoms with Gasteiger partial charge in [0.15, 0.2) is 11.6 Å². The fourth-order valence-corrected chi connectivity index (χ4v) is 5.86. The molecule has 1 aliphatic heterocycles. The molecule has 1 N–H and O–H groups in total. The molecule has 0 amide bonds. The molecule has 1 aromatic carbocycles. The Bertz CT molecular complexity index is 869. The molecule has 30 heavy (non-hydrogen) atoms. The van der Waals surface area contributed by atoms with Gasteiger partial charge in [-0.05, 0) is 57.7 Å². The van der Waals surface area contributed by atoms with Crippen molar-refractivity contribution in [3.63, 3.8) is 0 Å². The molecule has 7 heteroatoms. The van der Waals surface area contributed by atoms with E-state index in [-0.39, 0.29) is 0 Å². The van der Waals surface area contributed by atoms with Gasteiger partial charge in [-0.1, -0.05) is 12.8 Å². The standard InChI is InChI=1S/C23H30F2N2O2S/c1-16-21(9-14-29-18-7-8-19(24)20(25)15-18)30-22(26-16)23(28)10-4-12-27(13-11-23)17-5-2-3-6-17/h7-8,15,17,28H,2-6,9-14H2,1H3/t23-/m1/s1. The summed E-state index contributed by atoms with van der Waals surface area (Å²) in [5.74, 6) is -1.48. The van der Waals surface area contributed by atoms with Gasteiger partial charge in [0.2, 0.25) is 0 Å². The zero-order valence-corrected chi connectivity index (χ0v) is 18.3. The van der Waals surface area contributed by atoms with Crippen LogP contribution in [0.4, 0.5) is 8.78 Å². The van der Waals surface area contributed by atoms with Crippen LogP contribution in [0.2, 0.25) is 0 Å². The minimum Gasteiger partial charge on any atom is -0.493 e. The number of ether oxygens (including phenoxy) is 1. The lowest BCUT2D eigenvalue weighted by atomic mass is 9.96. The average molecular weight is 437 g/mol. The molecule has 0 bridgehead atoms. The third kappa shape index (κ3) is 4.84. The molecular weight excluding hydrogens is 406 g/mol. The smallest absolute Gasteiger partial charge is 0.162 e. The van der Waals surface area contributed by atoms with E-state index >= 15 is 0 Å². The van der Waals surface area contributed by atoms with Crippen molar-refractivity contribution in [3.8, 4) is 5.75 Å². The first-order valence-electron chi connectivity index (χ1n) is 11.0. The SMILES string of the molecule is Cc1nc([C@@]2(O)CCCN(C3CCCC3)CC2)sc1CCOc1ccc(F)c(F)c1. The van der Waals surface area contributed by atoms with E-state index in [1.54, 1.807) is 11.3 Å². The topological polar surface area (TPSA) is 45.6 Å². The predicted molar refractivity (Wildman–Crippen MR) is 114 cm³/mol. The second-order valence-electron chi connectivity index (χ2n) is 8.56. The van der Waals surface area contributed by atoms with Crippen LogP contribution in [0.15, 0.2) is 18.2 Å². The van der Waals surface area contributed by atoms with E-state index in [9.17, 15) is 13.9 Å². The van der Waals surface area contributed by atoms with E-state index < -0.39 is 17.2 Å². The van der Waals surface area contributed by atoms with Gasteiger partial charge in [-0.25, -0.2) is 13.8 Å². The third-order valence-electron chi connectivity index (χ3n) is 6.47. The molecule has 0 spiro atoms. The summed E-state index contributed by atoms with van der Waals surface area (Å²) in [4.78, 5) is 8.35. The number of aromatic nitrogens is 1. The van der Waals surface area contributed by atoms with Crippen LogP contribution < -0.4 is 4.74 Å². The van der Waals surface area contributed by atoms with Crippen molar-refractivity contribution in [2.75, 3.05) is 19.7 Å². The molecule has 2 fully saturated rings. The van der Waals surface area contributed by atoms with Gasteiger partial charge in [0.25, 0.3) is 0 Å². The number of nitrogens with zero attached hydrogens (tertiary/aromatic N) is 2. The highest BCUT2D eigenvalue weighted by atomic mass is 32.1. The highest BCUT2D eigenvalue weighted by Crippen LogP contribution is 2.38. The molecule has 1 aliphatic carbocycles. The predicted octanol–water partition coefficient (Wildman–Crippen LogP) is 4.97. The van der Waals surface area contributed by atoms with Gasteiger partial charge >= 0.3 is 0 Å². The number of aryl methyl sites for hydroxylation is 1. The quantitative estimate of drug-likeness (QED) is 0.695. The fraction of sp³-hybridized carbons (Fsp3) is 0.609. The number of thiazole rings is 1. The summed E-state index contributed by atoms with van der Waals surface area (Å²) in [5.41, 5.74) is 0.0522. The number of likely N-dealkylation sites (tertiary alicyclic amines) is 1. The van der Waals surface area contributed by atoms with Crippen molar-refractivity contribution >= 4 is 11.3 Å².